The second-order valence-electron chi connectivity index (χ2n) is 11.1. The van der Waals surface area contributed by atoms with Gasteiger partial charge in [0.25, 0.3) is 0 Å². The third-order valence-corrected chi connectivity index (χ3v) is 10.5. The number of esters is 1. The molecule has 2 amide bonds. The summed E-state index contributed by atoms with van der Waals surface area (Å²) >= 11 is 1.58. The minimum atomic E-state index is -0.847. The Kier molecular flexibility index (Phi) is 8.05. The molecule has 1 aromatic carbocycles. The number of nitrogens with zero attached hydrogens (tertiary/aromatic N) is 5. The molecule has 40 heavy (non-hydrogen) atoms. The average molecular weight is 568 g/mol. The first-order valence-corrected chi connectivity index (χ1v) is 14.7. The third kappa shape index (κ3) is 4.52. The Balaban J connectivity index is 1.53. The number of fused-ring (bicyclic) bond motifs is 2. The van der Waals surface area contributed by atoms with Gasteiger partial charge in [-0.15, -0.1) is 30.0 Å². The number of benzene rings is 1. The van der Waals surface area contributed by atoms with E-state index < -0.39 is 34.6 Å². The maximum absolute atomic E-state index is 14.6. The number of aliphatic hydroxyl groups excluding tert-OH is 1. The van der Waals surface area contributed by atoms with Crippen molar-refractivity contribution in [3.63, 3.8) is 0 Å². The number of ether oxygens (including phenoxy) is 1. The molecular formula is C29H37N5O5S. The molecule has 1 spiro atoms. The standard InChI is InChI=1S/C29H37N5O5S/c1-5-7-15-39-28(38)23-22-12-13-29(40-22)24(23)26(36)34(21(16-35)18(3)4)25(29)27(37)32(14-6-2)17-33-20-11-9-8-10-19(20)30-31-33/h5-6,8-11,18,21-25,35H,1-2,7,12-17H2,3-4H3/t21-,22+,23-,24-,25?,29?/m0/s1. The second kappa shape index (κ2) is 11.4. The molecule has 1 aromatic heterocycles. The number of rotatable bonds is 12. The Morgan fingerprint density at radius 3 is 2.77 bits per heavy atom. The van der Waals surface area contributed by atoms with Crippen LogP contribution in [-0.2, 0) is 25.8 Å². The van der Waals surface area contributed by atoms with Crippen LogP contribution in [0.2, 0.25) is 0 Å². The van der Waals surface area contributed by atoms with Gasteiger partial charge in [-0.25, -0.2) is 4.68 Å². The first kappa shape index (κ1) is 28.4. The Morgan fingerprint density at radius 1 is 1.30 bits per heavy atom. The number of aromatic nitrogens is 3. The van der Waals surface area contributed by atoms with Gasteiger partial charge in [0.15, 0.2) is 0 Å². The molecule has 2 bridgehead atoms. The summed E-state index contributed by atoms with van der Waals surface area (Å²) in [7, 11) is 0. The molecule has 0 aliphatic carbocycles. The molecule has 3 saturated heterocycles. The molecule has 4 heterocycles. The van der Waals surface area contributed by atoms with E-state index in [9.17, 15) is 19.5 Å². The quantitative estimate of drug-likeness (QED) is 0.236. The van der Waals surface area contributed by atoms with Gasteiger partial charge in [0, 0.05) is 11.8 Å². The largest absolute Gasteiger partial charge is 0.465 e. The first-order valence-electron chi connectivity index (χ1n) is 13.8. The van der Waals surface area contributed by atoms with Gasteiger partial charge >= 0.3 is 5.97 Å². The van der Waals surface area contributed by atoms with Crippen LogP contribution < -0.4 is 0 Å². The molecule has 10 nitrogen and oxygen atoms in total. The molecule has 214 valence electrons. The van der Waals surface area contributed by atoms with Gasteiger partial charge in [0.2, 0.25) is 11.8 Å². The summed E-state index contributed by atoms with van der Waals surface area (Å²) in [5, 5.41) is 18.8. The molecule has 3 aliphatic heterocycles. The number of hydrogen-bond acceptors (Lipinski definition) is 8. The lowest BCUT2D eigenvalue weighted by atomic mass is 9.71. The van der Waals surface area contributed by atoms with Gasteiger partial charge in [-0.3, -0.25) is 14.4 Å². The van der Waals surface area contributed by atoms with Crippen molar-refractivity contribution < 1.29 is 24.2 Å². The number of thioether (sulfide) groups is 1. The lowest BCUT2D eigenvalue weighted by molar-refractivity contribution is -0.154. The Bertz CT molecular complexity index is 1310. The van der Waals surface area contributed by atoms with Crippen molar-refractivity contribution in [1.82, 2.24) is 24.8 Å². The van der Waals surface area contributed by atoms with Crippen molar-refractivity contribution in [3.05, 3.63) is 49.6 Å². The number of amides is 2. The maximum atomic E-state index is 14.6. The number of para-hydroxylation sites is 1. The molecule has 6 atom stereocenters. The highest BCUT2D eigenvalue weighted by Gasteiger charge is 2.75. The van der Waals surface area contributed by atoms with Crippen LogP contribution in [0, 0.1) is 17.8 Å². The van der Waals surface area contributed by atoms with E-state index >= 15 is 0 Å². The molecular weight excluding hydrogens is 530 g/mol. The molecule has 5 rings (SSSR count). The van der Waals surface area contributed by atoms with E-state index in [0.717, 1.165) is 5.52 Å². The molecule has 0 radical (unpaired) electrons. The number of carbonyl (C=O) groups is 3. The summed E-state index contributed by atoms with van der Waals surface area (Å²) < 4.78 is 6.44. The van der Waals surface area contributed by atoms with Gasteiger partial charge in [-0.2, -0.15) is 0 Å². The van der Waals surface area contributed by atoms with Crippen molar-refractivity contribution in [1.29, 1.82) is 0 Å². The topological polar surface area (TPSA) is 118 Å². The minimum absolute atomic E-state index is 0.0960. The highest BCUT2D eigenvalue weighted by Crippen LogP contribution is 2.67. The fraction of sp³-hybridized carbons (Fsp3) is 0.552. The zero-order valence-electron chi connectivity index (χ0n) is 23.0. The highest BCUT2D eigenvalue weighted by molar-refractivity contribution is 8.02. The highest BCUT2D eigenvalue weighted by atomic mass is 32.2. The van der Waals surface area contributed by atoms with Crippen LogP contribution in [0.15, 0.2) is 49.6 Å². The van der Waals surface area contributed by atoms with Crippen LogP contribution >= 0.6 is 11.8 Å². The molecule has 2 aromatic rings. The second-order valence-corrected chi connectivity index (χ2v) is 12.7. The minimum Gasteiger partial charge on any atom is -0.465 e. The number of hydrogen-bond donors (Lipinski definition) is 1. The van der Waals surface area contributed by atoms with Crippen LogP contribution in [0.25, 0.3) is 11.0 Å². The fourth-order valence-corrected chi connectivity index (χ4v) is 8.87. The Labute approximate surface area is 238 Å². The first-order chi connectivity index (χ1) is 19.3. The van der Waals surface area contributed by atoms with Crippen molar-refractivity contribution in [3.8, 4) is 0 Å². The molecule has 1 N–H and O–H groups in total. The predicted molar refractivity (Wildman–Crippen MR) is 152 cm³/mol. The van der Waals surface area contributed by atoms with Crippen molar-refractivity contribution in [2.24, 2.45) is 17.8 Å². The van der Waals surface area contributed by atoms with Crippen molar-refractivity contribution >= 4 is 40.6 Å². The van der Waals surface area contributed by atoms with Crippen LogP contribution in [0.3, 0.4) is 0 Å². The zero-order valence-corrected chi connectivity index (χ0v) is 23.8. The summed E-state index contributed by atoms with van der Waals surface area (Å²) in [6, 6.07) is 6.10. The SMILES string of the molecule is C=CCCOC(=O)[C@@H]1[C@H]2C(=O)N([C@@H](CO)C(C)C)C(C(=O)N(CC=C)Cn3nnc4ccccc43)C23CC[C@H]1S3. The van der Waals surface area contributed by atoms with E-state index in [-0.39, 0.29) is 49.4 Å². The summed E-state index contributed by atoms with van der Waals surface area (Å²) in [5.74, 6) is -2.32. The van der Waals surface area contributed by atoms with E-state index in [0.29, 0.717) is 24.8 Å². The van der Waals surface area contributed by atoms with E-state index in [2.05, 4.69) is 23.5 Å². The van der Waals surface area contributed by atoms with E-state index in [1.54, 1.807) is 38.4 Å². The molecule has 0 saturated carbocycles. The fourth-order valence-electron chi connectivity index (χ4n) is 6.68. The predicted octanol–water partition coefficient (Wildman–Crippen LogP) is 2.63. The van der Waals surface area contributed by atoms with Gasteiger partial charge < -0.3 is 19.6 Å². The van der Waals surface area contributed by atoms with Crippen LogP contribution in [0.5, 0.6) is 0 Å². The van der Waals surface area contributed by atoms with Crippen LogP contribution in [-0.4, -0.2) is 89.5 Å². The summed E-state index contributed by atoms with van der Waals surface area (Å²) in [6.45, 7) is 11.7. The molecule has 3 aliphatic rings. The summed E-state index contributed by atoms with van der Waals surface area (Å²) in [5.41, 5.74) is 1.50. The number of carbonyl (C=O) groups excluding carboxylic acids is 3. The van der Waals surface area contributed by atoms with Crippen LogP contribution in [0.1, 0.15) is 33.1 Å². The Morgan fingerprint density at radius 2 is 2.08 bits per heavy atom. The lowest BCUT2D eigenvalue weighted by Crippen LogP contribution is -2.58. The molecule has 2 unspecified atom stereocenters. The van der Waals surface area contributed by atoms with E-state index in [1.165, 1.54) is 0 Å². The van der Waals surface area contributed by atoms with Crippen molar-refractivity contribution in [2.45, 2.75) is 61.9 Å². The number of likely N-dealkylation sites (tertiary alicyclic amines) is 1. The molecule has 11 heteroatoms. The van der Waals surface area contributed by atoms with Gasteiger partial charge in [0.05, 0.1) is 41.4 Å². The third-order valence-electron chi connectivity index (χ3n) is 8.51. The van der Waals surface area contributed by atoms with Gasteiger partial charge in [-0.1, -0.05) is 43.3 Å². The monoisotopic (exact) mass is 567 g/mol. The zero-order chi connectivity index (χ0) is 28.6. The van der Waals surface area contributed by atoms with Gasteiger partial charge in [0.1, 0.15) is 18.2 Å². The number of aliphatic hydroxyl groups is 1. The smallest absolute Gasteiger partial charge is 0.310 e. The Hall–Kier alpha value is -3.18. The van der Waals surface area contributed by atoms with Gasteiger partial charge in [-0.05, 0) is 37.3 Å². The lowest BCUT2D eigenvalue weighted by Gasteiger charge is -2.40. The summed E-state index contributed by atoms with van der Waals surface area (Å²) in [6.07, 6.45) is 5.21. The summed E-state index contributed by atoms with van der Waals surface area (Å²) in [4.78, 5) is 45.4. The maximum Gasteiger partial charge on any atom is 0.310 e. The average Bonchev–Trinajstić information content (AvgIpc) is 3.68. The molecule has 3 fully saturated rings. The van der Waals surface area contributed by atoms with Crippen molar-refractivity contribution in [2.75, 3.05) is 19.8 Å². The van der Waals surface area contributed by atoms with E-state index in [1.807, 2.05) is 38.1 Å². The van der Waals surface area contributed by atoms with E-state index in [4.69, 9.17) is 4.74 Å². The normalized spacial score (nSPS) is 27.7. The van der Waals surface area contributed by atoms with Crippen LogP contribution in [0.4, 0.5) is 0 Å².